The Morgan fingerprint density at radius 2 is 2.09 bits per heavy atom. The molecule has 0 saturated heterocycles. The summed E-state index contributed by atoms with van der Waals surface area (Å²) >= 11 is 0. The van der Waals surface area contributed by atoms with E-state index in [0.29, 0.717) is 23.9 Å². The Morgan fingerprint density at radius 1 is 1.35 bits per heavy atom. The molecule has 0 aliphatic carbocycles. The predicted octanol–water partition coefficient (Wildman–Crippen LogP) is 2.83. The van der Waals surface area contributed by atoms with Crippen molar-refractivity contribution in [1.82, 2.24) is 10.3 Å². The second-order valence-electron chi connectivity index (χ2n) is 5.71. The summed E-state index contributed by atoms with van der Waals surface area (Å²) in [6, 6.07) is 9.70. The average molecular weight is 315 g/mol. The van der Waals surface area contributed by atoms with Gasteiger partial charge in [-0.1, -0.05) is 38.0 Å². The van der Waals surface area contributed by atoms with Gasteiger partial charge >= 0.3 is 0 Å². The zero-order valence-corrected chi connectivity index (χ0v) is 13.8. The molecule has 1 heterocycles. The number of rotatable bonds is 8. The number of nitrogens with two attached hydrogens (primary N) is 1. The molecule has 0 saturated carbocycles. The lowest BCUT2D eigenvalue weighted by molar-refractivity contribution is -0.121. The second kappa shape index (κ2) is 8.48. The predicted molar refractivity (Wildman–Crippen MR) is 90.9 cm³/mol. The van der Waals surface area contributed by atoms with Crippen molar-refractivity contribution in [2.75, 3.05) is 6.54 Å². The first-order chi connectivity index (χ1) is 11.1. The summed E-state index contributed by atoms with van der Waals surface area (Å²) in [5, 5.41) is 2.98. The highest BCUT2D eigenvalue weighted by molar-refractivity contribution is 5.78. The van der Waals surface area contributed by atoms with Crippen LogP contribution >= 0.6 is 0 Å². The molecule has 0 bridgehead atoms. The van der Waals surface area contributed by atoms with Crippen LogP contribution in [0.3, 0.4) is 0 Å². The summed E-state index contributed by atoms with van der Waals surface area (Å²) in [5.74, 6) is 1.16. The highest BCUT2D eigenvalue weighted by Crippen LogP contribution is 2.21. The van der Waals surface area contributed by atoms with Gasteiger partial charge in [0.1, 0.15) is 5.76 Å². The number of aryl methyl sites for hydroxylation is 1. The Hall–Kier alpha value is -2.14. The number of carbonyl (C=O) groups excluding carboxylic acids is 1. The number of benzene rings is 1. The van der Waals surface area contributed by atoms with Gasteiger partial charge in [0.15, 0.2) is 0 Å². The second-order valence-corrected chi connectivity index (χ2v) is 5.71. The molecule has 124 valence electrons. The van der Waals surface area contributed by atoms with Crippen molar-refractivity contribution in [3.63, 3.8) is 0 Å². The molecule has 1 atom stereocenters. The molecule has 23 heavy (non-hydrogen) atoms. The van der Waals surface area contributed by atoms with E-state index in [0.717, 1.165) is 24.8 Å². The summed E-state index contributed by atoms with van der Waals surface area (Å²) in [4.78, 5) is 16.7. The van der Waals surface area contributed by atoms with E-state index in [1.807, 2.05) is 37.3 Å². The van der Waals surface area contributed by atoms with Gasteiger partial charge in [-0.3, -0.25) is 4.79 Å². The lowest BCUT2D eigenvalue weighted by atomic mass is 10.1. The summed E-state index contributed by atoms with van der Waals surface area (Å²) in [6.45, 7) is 4.41. The van der Waals surface area contributed by atoms with Crippen molar-refractivity contribution in [3.8, 4) is 11.5 Å². The van der Waals surface area contributed by atoms with Crippen molar-refractivity contribution >= 4 is 5.91 Å². The molecule has 3 N–H and O–H groups in total. The molecule has 2 aromatic rings. The molecular weight excluding hydrogens is 290 g/mol. The van der Waals surface area contributed by atoms with Crippen LogP contribution in [0.5, 0.6) is 0 Å². The maximum Gasteiger partial charge on any atom is 0.226 e. The number of amides is 1. The first-order valence-corrected chi connectivity index (χ1v) is 8.15. The van der Waals surface area contributed by atoms with E-state index in [2.05, 4.69) is 17.2 Å². The minimum Gasteiger partial charge on any atom is -0.441 e. The van der Waals surface area contributed by atoms with Crippen LogP contribution in [0.15, 0.2) is 34.7 Å². The Bertz CT molecular complexity index is 622. The lowest BCUT2D eigenvalue weighted by Crippen LogP contribution is -2.41. The SMILES string of the molecule is CCCCC(CN)NC(=O)Cc1nc(-c2ccccc2)oc1C. The minimum absolute atomic E-state index is 0.0308. The molecule has 0 spiro atoms. The van der Waals surface area contributed by atoms with Crippen LogP contribution in [0.25, 0.3) is 11.5 Å². The highest BCUT2D eigenvalue weighted by Gasteiger charge is 2.16. The third-order valence-corrected chi connectivity index (χ3v) is 3.80. The number of nitrogens with zero attached hydrogens (tertiary/aromatic N) is 1. The fourth-order valence-corrected chi connectivity index (χ4v) is 2.43. The van der Waals surface area contributed by atoms with Gasteiger partial charge in [-0.15, -0.1) is 0 Å². The maximum atomic E-state index is 12.2. The monoisotopic (exact) mass is 315 g/mol. The number of aromatic nitrogens is 1. The fourth-order valence-electron chi connectivity index (χ4n) is 2.43. The van der Waals surface area contributed by atoms with E-state index in [1.54, 1.807) is 0 Å². The van der Waals surface area contributed by atoms with Crippen molar-refractivity contribution < 1.29 is 9.21 Å². The minimum atomic E-state index is -0.0624. The topological polar surface area (TPSA) is 81.1 Å². The Morgan fingerprint density at radius 3 is 2.74 bits per heavy atom. The smallest absolute Gasteiger partial charge is 0.226 e. The number of hydrogen-bond acceptors (Lipinski definition) is 4. The molecule has 1 amide bonds. The molecule has 1 unspecified atom stereocenters. The van der Waals surface area contributed by atoms with Crippen LogP contribution in [0.1, 0.15) is 37.6 Å². The normalized spacial score (nSPS) is 12.1. The van der Waals surface area contributed by atoms with Gasteiger partial charge in [0.05, 0.1) is 12.1 Å². The van der Waals surface area contributed by atoms with Crippen LogP contribution in [-0.2, 0) is 11.2 Å². The zero-order chi connectivity index (χ0) is 16.7. The quantitative estimate of drug-likeness (QED) is 0.785. The third kappa shape index (κ3) is 4.93. The van der Waals surface area contributed by atoms with Gasteiger partial charge in [-0.2, -0.15) is 0 Å². The number of hydrogen-bond donors (Lipinski definition) is 2. The molecule has 2 rings (SSSR count). The molecule has 0 aliphatic rings. The molecule has 1 aromatic carbocycles. The molecular formula is C18H25N3O2. The lowest BCUT2D eigenvalue weighted by Gasteiger charge is -2.16. The molecule has 1 aromatic heterocycles. The van der Waals surface area contributed by atoms with Gasteiger partial charge in [0.2, 0.25) is 11.8 Å². The summed E-state index contributed by atoms with van der Waals surface area (Å²) in [5.41, 5.74) is 7.30. The number of carbonyl (C=O) groups is 1. The Kier molecular flexibility index (Phi) is 6.35. The van der Waals surface area contributed by atoms with Crippen LogP contribution < -0.4 is 11.1 Å². The van der Waals surface area contributed by atoms with Crippen molar-refractivity contribution in [1.29, 1.82) is 0 Å². The van der Waals surface area contributed by atoms with E-state index in [4.69, 9.17) is 10.2 Å². The standard InChI is InChI=1S/C18H25N3O2/c1-3-4-10-15(12-19)20-17(22)11-16-13(2)23-18(21-16)14-8-6-5-7-9-14/h5-9,15H,3-4,10-12,19H2,1-2H3,(H,20,22). The van der Waals surface area contributed by atoms with Gasteiger partial charge in [0, 0.05) is 18.2 Å². The van der Waals surface area contributed by atoms with Crippen LogP contribution in [0, 0.1) is 6.92 Å². The maximum absolute atomic E-state index is 12.2. The molecule has 5 nitrogen and oxygen atoms in total. The van der Waals surface area contributed by atoms with E-state index in [-0.39, 0.29) is 18.4 Å². The fraction of sp³-hybridized carbons (Fsp3) is 0.444. The largest absolute Gasteiger partial charge is 0.441 e. The summed E-state index contributed by atoms with van der Waals surface area (Å²) < 4.78 is 5.68. The van der Waals surface area contributed by atoms with E-state index < -0.39 is 0 Å². The van der Waals surface area contributed by atoms with Gasteiger partial charge < -0.3 is 15.5 Å². The first kappa shape index (κ1) is 17.2. The third-order valence-electron chi connectivity index (χ3n) is 3.80. The Labute approximate surface area is 137 Å². The van der Waals surface area contributed by atoms with E-state index in [9.17, 15) is 4.79 Å². The van der Waals surface area contributed by atoms with E-state index in [1.165, 1.54) is 0 Å². The number of nitrogens with one attached hydrogen (secondary N) is 1. The highest BCUT2D eigenvalue weighted by atomic mass is 16.4. The van der Waals surface area contributed by atoms with Crippen LogP contribution in [-0.4, -0.2) is 23.5 Å². The van der Waals surface area contributed by atoms with Gasteiger partial charge in [-0.25, -0.2) is 4.98 Å². The van der Waals surface area contributed by atoms with Crippen LogP contribution in [0.4, 0.5) is 0 Å². The first-order valence-electron chi connectivity index (χ1n) is 8.15. The van der Waals surface area contributed by atoms with E-state index >= 15 is 0 Å². The molecule has 5 heteroatoms. The van der Waals surface area contributed by atoms with Crippen LogP contribution in [0.2, 0.25) is 0 Å². The van der Waals surface area contributed by atoms with Gasteiger partial charge in [-0.05, 0) is 25.5 Å². The van der Waals surface area contributed by atoms with Crippen molar-refractivity contribution in [2.24, 2.45) is 5.73 Å². The van der Waals surface area contributed by atoms with Crippen molar-refractivity contribution in [3.05, 3.63) is 41.8 Å². The summed E-state index contributed by atoms with van der Waals surface area (Å²) in [6.07, 6.45) is 3.27. The molecule has 0 aliphatic heterocycles. The molecule has 0 radical (unpaired) electrons. The average Bonchev–Trinajstić information content (AvgIpc) is 2.93. The number of unbranched alkanes of at least 4 members (excludes halogenated alkanes) is 1. The zero-order valence-electron chi connectivity index (χ0n) is 13.8. The molecule has 0 fully saturated rings. The van der Waals surface area contributed by atoms with Crippen molar-refractivity contribution in [2.45, 2.75) is 45.6 Å². The number of oxazole rings is 1. The Balaban J connectivity index is 2.00. The van der Waals surface area contributed by atoms with Gasteiger partial charge in [0.25, 0.3) is 0 Å². The summed E-state index contributed by atoms with van der Waals surface area (Å²) in [7, 11) is 0.